The molecule has 0 bridgehead atoms. The van der Waals surface area contributed by atoms with Gasteiger partial charge >= 0.3 is 5.92 Å². The molecule has 4 amide bonds. The van der Waals surface area contributed by atoms with Gasteiger partial charge in [0.15, 0.2) is 0 Å². The molecule has 0 aromatic heterocycles. The fourth-order valence-electron chi connectivity index (χ4n) is 5.73. The zero-order chi connectivity index (χ0) is 30.2. The van der Waals surface area contributed by atoms with Crippen LogP contribution < -0.4 is 5.32 Å². The predicted octanol–water partition coefficient (Wildman–Crippen LogP) is -5.41. The predicted molar refractivity (Wildman–Crippen MR) is 170 cm³/mol. The third kappa shape index (κ3) is 4.18. The van der Waals surface area contributed by atoms with Crippen molar-refractivity contribution in [2.45, 2.75) is 33.7 Å². The lowest BCUT2D eigenvalue weighted by Gasteiger charge is -2.61. The van der Waals surface area contributed by atoms with E-state index in [0.717, 1.165) is 16.9 Å². The molecular weight excluding hydrogens is 530 g/mol. The number of benzene rings is 2. The molecular formula is C22H26B8ClF2N3O4. The molecule has 4 rings (SSSR count). The first-order valence-corrected chi connectivity index (χ1v) is 13.3. The van der Waals surface area contributed by atoms with Crippen LogP contribution in [0.15, 0.2) is 42.5 Å². The third-order valence-electron chi connectivity index (χ3n) is 9.43. The van der Waals surface area contributed by atoms with E-state index in [1.54, 1.807) is 57.4 Å². The molecule has 0 saturated carbocycles. The van der Waals surface area contributed by atoms with E-state index in [1.807, 2.05) is 15.7 Å². The van der Waals surface area contributed by atoms with E-state index < -0.39 is 44.5 Å². The molecule has 198 valence electrons. The first-order valence-electron chi connectivity index (χ1n) is 13.0. The van der Waals surface area contributed by atoms with Gasteiger partial charge in [0, 0.05) is 28.0 Å². The Kier molecular flexibility index (Phi) is 7.06. The normalized spacial score (nSPS) is 22.2. The van der Waals surface area contributed by atoms with Gasteiger partial charge in [-0.2, -0.15) is 8.78 Å². The first kappa shape index (κ1) is 30.2. The lowest BCUT2D eigenvalue weighted by atomic mass is 9.21. The first-order chi connectivity index (χ1) is 18.2. The smallest absolute Gasteiger partial charge is 0.349 e. The van der Waals surface area contributed by atoms with Gasteiger partial charge in [-0.05, 0) is 34.5 Å². The summed E-state index contributed by atoms with van der Waals surface area (Å²) in [5.74, 6) is -6.43. The second kappa shape index (κ2) is 9.36. The molecule has 1 atom stereocenters. The van der Waals surface area contributed by atoms with Crippen molar-refractivity contribution in [3.63, 3.8) is 0 Å². The summed E-state index contributed by atoms with van der Waals surface area (Å²) in [6.45, 7) is 0.0801. The van der Waals surface area contributed by atoms with Crippen LogP contribution in [0.2, 0.25) is 15.5 Å². The molecule has 2 aliphatic rings. The van der Waals surface area contributed by atoms with Gasteiger partial charge in [0.2, 0.25) is 19.8 Å². The van der Waals surface area contributed by atoms with Crippen molar-refractivity contribution in [2.24, 2.45) is 0 Å². The fraction of sp³-hybridized carbons (Fsp3) is 0.273. The molecule has 1 saturated heterocycles. The zero-order valence-electron chi connectivity index (χ0n) is 23.9. The van der Waals surface area contributed by atoms with Gasteiger partial charge in [0.05, 0.1) is 5.44 Å². The molecule has 0 aliphatic carbocycles. The number of hydrogen-bond donors (Lipinski definition) is 1. The highest BCUT2D eigenvalue weighted by Gasteiger charge is 2.65. The minimum Gasteiger partial charge on any atom is -0.357 e. The second-order valence-corrected chi connectivity index (χ2v) is 12.9. The number of amides is 4. The summed E-state index contributed by atoms with van der Waals surface area (Å²) in [5, 5.41) is -0.399. The number of hydrogen-bond acceptors (Lipinski definition) is 4. The number of nitrogens with zero attached hydrogens (tertiary/aromatic N) is 2. The van der Waals surface area contributed by atoms with Gasteiger partial charge in [-0.15, -0.1) is 0 Å². The van der Waals surface area contributed by atoms with E-state index in [4.69, 9.17) is 11.6 Å². The Bertz CT molecular complexity index is 1460. The molecule has 1 unspecified atom stereocenters. The Morgan fingerprint density at radius 2 is 1.48 bits per heavy atom. The van der Waals surface area contributed by atoms with E-state index >= 15 is 0 Å². The van der Waals surface area contributed by atoms with E-state index in [-0.39, 0.29) is 23.4 Å². The zero-order valence-corrected chi connectivity index (χ0v) is 24.7. The van der Waals surface area contributed by atoms with Gasteiger partial charge in [0.1, 0.15) is 54.9 Å². The number of fused-ring (bicyclic) bond motifs is 1. The molecule has 18 heteroatoms. The van der Waals surface area contributed by atoms with E-state index in [0.29, 0.717) is 16.7 Å². The Morgan fingerprint density at radius 3 is 2.05 bits per heavy atom. The van der Waals surface area contributed by atoms with Crippen LogP contribution in [0.5, 0.6) is 0 Å². The lowest BCUT2D eigenvalue weighted by Crippen LogP contribution is -2.75. The number of rotatable bonds is 5. The quantitative estimate of drug-likeness (QED) is 0.295. The van der Waals surface area contributed by atoms with Crippen molar-refractivity contribution in [3.05, 3.63) is 69.7 Å². The number of alkyl halides is 2. The van der Waals surface area contributed by atoms with Crippen molar-refractivity contribution >= 4 is 98.1 Å². The summed E-state index contributed by atoms with van der Waals surface area (Å²) >= 11 is 5.80. The maximum Gasteiger partial charge on any atom is 0.349 e. The third-order valence-corrected chi connectivity index (χ3v) is 9.68. The highest BCUT2D eigenvalue weighted by atomic mass is 35.5. The van der Waals surface area contributed by atoms with E-state index in [1.165, 1.54) is 25.0 Å². The van der Waals surface area contributed by atoms with Gasteiger partial charge < -0.3 is 15.0 Å². The largest absolute Gasteiger partial charge is 0.357 e. The number of imide groups is 1. The molecule has 7 nitrogen and oxygen atoms in total. The molecule has 0 radical (unpaired) electrons. The summed E-state index contributed by atoms with van der Waals surface area (Å²) in [5.41, 5.74) is -0.358. The van der Waals surface area contributed by atoms with Gasteiger partial charge in [-0.25, -0.2) is 0 Å². The number of carbonyl (C=O) groups is 4. The molecule has 2 aliphatic heterocycles. The number of nitrogens with one attached hydrogen (secondary N) is 1. The molecule has 40 heavy (non-hydrogen) atoms. The number of carbonyl (C=O) groups excluding carboxylic acids is 4. The highest BCUT2D eigenvalue weighted by Crippen LogP contribution is 2.57. The van der Waals surface area contributed by atoms with Gasteiger partial charge in [-0.3, -0.25) is 19.2 Å². The molecule has 2 aromatic carbocycles. The summed E-state index contributed by atoms with van der Waals surface area (Å²) < 4.78 is 29.9. The SMILES string of the molecule is BN1C(=O)C(B)(B)C(B)(B)C(B)(N2Cc3cc(C(B)(B)NC(=O)C(F)(F)c4ccc(Cl)cc4)ccc3C2=O)C1=O. The highest BCUT2D eigenvalue weighted by molar-refractivity contribution is 6.68. The Labute approximate surface area is 244 Å². The van der Waals surface area contributed by atoms with Crippen molar-refractivity contribution in [3.8, 4) is 0 Å². The van der Waals surface area contributed by atoms with Crippen LogP contribution in [0.3, 0.4) is 0 Å². The monoisotopic (exact) mass is 557 g/mol. The second-order valence-electron chi connectivity index (χ2n) is 12.4. The van der Waals surface area contributed by atoms with Crippen LogP contribution >= 0.6 is 11.6 Å². The summed E-state index contributed by atoms with van der Waals surface area (Å²) in [6.07, 6.45) is 0. The maximum absolute atomic E-state index is 15.0. The van der Waals surface area contributed by atoms with Crippen molar-refractivity contribution in [1.82, 2.24) is 15.0 Å². The molecule has 2 aromatic rings. The molecule has 0 spiro atoms. The average Bonchev–Trinajstić information content (AvgIpc) is 3.22. The topological polar surface area (TPSA) is 86.8 Å². The fourth-order valence-corrected chi connectivity index (χ4v) is 5.86. The number of piperidine rings is 1. The minimum atomic E-state index is -3.80. The molecule has 2 heterocycles. The number of halogens is 3. The van der Waals surface area contributed by atoms with Crippen LogP contribution in [0.1, 0.15) is 27.0 Å². The summed E-state index contributed by atoms with van der Waals surface area (Å²) in [6, 6.07) is 9.67. The van der Waals surface area contributed by atoms with Gasteiger partial charge in [-0.1, -0.05) is 41.1 Å². The van der Waals surface area contributed by atoms with Crippen LogP contribution in [0.25, 0.3) is 0 Å². The van der Waals surface area contributed by atoms with Crippen molar-refractivity contribution in [2.75, 3.05) is 0 Å². The van der Waals surface area contributed by atoms with E-state index in [9.17, 15) is 28.0 Å². The Balaban J connectivity index is 1.65. The summed E-state index contributed by atoms with van der Waals surface area (Å²) in [7, 11) is 13.5. The Hall–Kier alpha value is -2.81. The van der Waals surface area contributed by atoms with Crippen LogP contribution in [0.4, 0.5) is 8.78 Å². The minimum absolute atomic E-state index is 0.0801. The molecule has 1 fully saturated rings. The summed E-state index contributed by atoms with van der Waals surface area (Å²) in [4.78, 5) is 55.6. The Morgan fingerprint density at radius 1 is 0.925 bits per heavy atom. The maximum atomic E-state index is 15.0. The average molecular weight is 556 g/mol. The van der Waals surface area contributed by atoms with Crippen LogP contribution in [0, 0.1) is 0 Å². The van der Waals surface area contributed by atoms with Crippen molar-refractivity contribution < 1.29 is 28.0 Å². The lowest BCUT2D eigenvalue weighted by molar-refractivity contribution is -0.149. The van der Waals surface area contributed by atoms with Crippen molar-refractivity contribution in [1.29, 1.82) is 0 Å². The van der Waals surface area contributed by atoms with E-state index in [2.05, 4.69) is 5.32 Å². The standard InChI is InChI=1S/C22H26B8ClF2N3O4/c23-19(24)16(39)36(30)17(40)20(25,22(19,28)29)35-8-9-7-11(3-6-13(9)14(35)37)21(26,27)34-15(38)18(32,33)10-1-4-12(31)5-2-10/h1-7H,8,23-30H2,(H,34,38). The van der Waals surface area contributed by atoms with Crippen LogP contribution in [-0.4, -0.2) is 102 Å². The van der Waals surface area contributed by atoms with Crippen LogP contribution in [-0.2, 0) is 32.2 Å². The molecule has 1 N–H and O–H groups in total. The van der Waals surface area contributed by atoms with Gasteiger partial charge in [0.25, 0.3) is 11.8 Å².